The van der Waals surface area contributed by atoms with Gasteiger partial charge in [-0.3, -0.25) is 0 Å². The van der Waals surface area contributed by atoms with Crippen LogP contribution in [-0.4, -0.2) is 0 Å². The maximum atomic E-state index is 5.99. The van der Waals surface area contributed by atoms with Gasteiger partial charge in [-0.2, -0.15) is 30.3 Å². The Kier molecular flexibility index (Phi) is 7.93. The van der Waals surface area contributed by atoms with Gasteiger partial charge in [0.15, 0.2) is 0 Å². The maximum absolute atomic E-state index is 5.99. The van der Waals surface area contributed by atoms with Gasteiger partial charge in [-0.05, 0) is 12.1 Å². The van der Waals surface area contributed by atoms with Gasteiger partial charge >= 0.3 is 30.0 Å². The van der Waals surface area contributed by atoms with Crippen LogP contribution in [0.15, 0.2) is 42.5 Å². The van der Waals surface area contributed by atoms with E-state index in [1.807, 2.05) is 24.3 Å². The predicted molar refractivity (Wildman–Crippen MR) is 75.0 cm³/mol. The summed E-state index contributed by atoms with van der Waals surface area (Å²) in [6.45, 7) is 0.456. The molecule has 0 aliphatic heterocycles. The summed E-state index contributed by atoms with van der Waals surface area (Å²) in [4.78, 5) is 0. The molecule has 5 heteroatoms. The normalized spacial score (nSPS) is 9.39. The molecule has 0 aromatic heterocycles. The fourth-order valence-corrected chi connectivity index (χ4v) is 1.62. The average molecular weight is 397 g/mol. The molecule has 0 atom stereocenters. The van der Waals surface area contributed by atoms with Crippen LogP contribution >= 0.6 is 36.8 Å². The third kappa shape index (κ3) is 4.89. The Labute approximate surface area is 133 Å². The molecule has 1 nitrogen and oxygen atoms in total. The predicted octanol–water partition coefficient (Wildman–Crippen LogP) is 5.22. The van der Waals surface area contributed by atoms with Gasteiger partial charge in [0.25, 0.3) is 0 Å². The van der Waals surface area contributed by atoms with E-state index in [2.05, 4.69) is 19.7 Å². The Hall–Kier alpha value is -0.0766. The second-order valence-electron chi connectivity index (χ2n) is 3.25. The summed E-state index contributed by atoms with van der Waals surface area (Å²) in [5.41, 5.74) is 1.04. The monoisotopic (exact) mass is 394 g/mol. The number of benzene rings is 2. The van der Waals surface area contributed by atoms with Crippen molar-refractivity contribution in [1.29, 1.82) is 0 Å². The van der Waals surface area contributed by atoms with Gasteiger partial charge in [0.1, 0.15) is 10.8 Å². The number of halogens is 3. The molecule has 90 valence electrons. The molecular formula is C13H9BrCl2OZn. The van der Waals surface area contributed by atoms with Gasteiger partial charge in [-0.25, -0.2) is 0 Å². The number of hydrogen-bond acceptors (Lipinski definition) is 1. The zero-order valence-corrected chi connectivity index (χ0v) is 15.6. The molecule has 0 spiro atoms. The summed E-state index contributed by atoms with van der Waals surface area (Å²) in [5, 5.41) is 0.947. The average Bonchev–Trinajstić information content (AvgIpc) is 2.44. The summed E-state index contributed by atoms with van der Waals surface area (Å²) in [6, 6.07) is 15.9. The number of rotatable bonds is 3. The quantitative estimate of drug-likeness (QED) is 0.510. The van der Waals surface area contributed by atoms with E-state index in [1.54, 1.807) is 18.2 Å². The van der Waals surface area contributed by atoms with E-state index in [0.29, 0.717) is 22.4 Å². The third-order valence-electron chi connectivity index (χ3n) is 2.08. The molecule has 2 rings (SSSR count). The van der Waals surface area contributed by atoms with E-state index < -0.39 is 0 Å². The second-order valence-corrected chi connectivity index (χ2v) is 4.04. The van der Waals surface area contributed by atoms with Crippen LogP contribution in [0.25, 0.3) is 0 Å². The first-order chi connectivity index (χ1) is 8.77. The number of hydrogen-bond donors (Lipinski definition) is 0. The molecule has 18 heavy (non-hydrogen) atoms. The molecule has 0 bridgehead atoms. The Balaban J connectivity index is 0.000000771. The van der Waals surface area contributed by atoms with Crippen LogP contribution in [-0.2, 0) is 22.9 Å². The fraction of sp³-hybridized carbons (Fsp3) is 0.0769. The Bertz CT molecular complexity index is 480. The van der Waals surface area contributed by atoms with Crippen molar-refractivity contribution >= 4 is 36.8 Å². The summed E-state index contributed by atoms with van der Waals surface area (Å²) in [6.07, 6.45) is 0. The Morgan fingerprint density at radius 1 is 1.17 bits per heavy atom. The first-order valence-electron chi connectivity index (χ1n) is 5.06. The van der Waals surface area contributed by atoms with Crippen molar-refractivity contribution in [3.8, 4) is 5.75 Å². The first-order valence-corrected chi connectivity index (χ1v) is 12.8. The minimum absolute atomic E-state index is 0.448. The molecule has 0 aliphatic rings. The van der Waals surface area contributed by atoms with E-state index in [0.717, 1.165) is 5.56 Å². The Morgan fingerprint density at radius 3 is 2.61 bits per heavy atom. The molecule has 0 saturated carbocycles. The molecule has 2 aromatic carbocycles. The molecule has 0 aliphatic carbocycles. The van der Waals surface area contributed by atoms with E-state index in [4.69, 9.17) is 27.9 Å². The van der Waals surface area contributed by atoms with Crippen molar-refractivity contribution in [1.82, 2.24) is 0 Å². The third-order valence-corrected chi connectivity index (χ3v) is 2.88. The van der Waals surface area contributed by atoms with Crippen LogP contribution in [0, 0.1) is 6.07 Å². The van der Waals surface area contributed by atoms with Crippen LogP contribution in [0.1, 0.15) is 5.56 Å². The fourth-order valence-electron chi connectivity index (χ4n) is 1.28. The number of ether oxygens (including phenoxy) is 1. The van der Waals surface area contributed by atoms with Crippen LogP contribution in [0.4, 0.5) is 0 Å². The SMILES string of the molecule is Clc1cccc(OCc2c[c-]ccc2)c1Cl.[Zn+][Br]. The second kappa shape index (κ2) is 8.93. The van der Waals surface area contributed by atoms with Crippen molar-refractivity contribution in [3.05, 3.63) is 64.1 Å². The molecule has 0 saturated heterocycles. The van der Waals surface area contributed by atoms with Gasteiger partial charge in [-0.1, -0.05) is 29.3 Å². The van der Waals surface area contributed by atoms with Gasteiger partial charge in [-0.15, -0.1) is 5.56 Å². The summed E-state index contributed by atoms with van der Waals surface area (Å²) in [5.74, 6) is 0.595. The van der Waals surface area contributed by atoms with E-state index in [-0.39, 0.29) is 0 Å². The molecule has 0 fully saturated rings. The summed E-state index contributed by atoms with van der Waals surface area (Å²) >= 11 is 16.1. The molecule has 0 N–H and O–H groups in total. The zero-order chi connectivity index (χ0) is 13.4. The van der Waals surface area contributed by atoms with Gasteiger partial charge in [0.05, 0.1) is 11.6 Å². The van der Waals surface area contributed by atoms with Crippen LogP contribution in [0.5, 0.6) is 5.75 Å². The van der Waals surface area contributed by atoms with Crippen molar-refractivity contribution in [3.63, 3.8) is 0 Å². The zero-order valence-electron chi connectivity index (χ0n) is 9.50. The van der Waals surface area contributed by atoms with Gasteiger partial charge in [0.2, 0.25) is 0 Å². The minimum atomic E-state index is 0.448. The topological polar surface area (TPSA) is 9.23 Å². The van der Waals surface area contributed by atoms with Crippen LogP contribution in [0.2, 0.25) is 10.0 Å². The van der Waals surface area contributed by atoms with Gasteiger partial charge in [0, 0.05) is 0 Å². The molecule has 2 aromatic rings. The molecule has 0 heterocycles. The van der Waals surface area contributed by atoms with E-state index >= 15 is 0 Å². The standard InChI is InChI=1S/C13H9Cl2O.BrH.Zn/c14-11-7-4-8-12(13(11)15)16-9-10-5-2-1-3-6-10;;/h1-2,4-8H,9H2;1H;/q-1;;+2/p-1. The molecule has 0 unspecified atom stereocenters. The van der Waals surface area contributed by atoms with Crippen LogP contribution in [0.3, 0.4) is 0 Å². The molecule has 0 amide bonds. The summed E-state index contributed by atoms with van der Waals surface area (Å²) in [7, 11) is 0. The van der Waals surface area contributed by atoms with E-state index in [9.17, 15) is 0 Å². The summed E-state index contributed by atoms with van der Waals surface area (Å²) < 4.78 is 5.57. The molecule has 0 radical (unpaired) electrons. The molecular weight excluding hydrogens is 388 g/mol. The van der Waals surface area contributed by atoms with Crippen molar-refractivity contribution < 1.29 is 21.1 Å². The van der Waals surface area contributed by atoms with E-state index in [1.165, 1.54) is 16.3 Å². The van der Waals surface area contributed by atoms with Crippen molar-refractivity contribution in [2.24, 2.45) is 0 Å². The Morgan fingerprint density at radius 2 is 1.94 bits per heavy atom. The van der Waals surface area contributed by atoms with Crippen LogP contribution < -0.4 is 4.74 Å². The van der Waals surface area contributed by atoms with Crippen molar-refractivity contribution in [2.75, 3.05) is 0 Å². The van der Waals surface area contributed by atoms with Crippen molar-refractivity contribution in [2.45, 2.75) is 6.61 Å². The van der Waals surface area contributed by atoms with Gasteiger partial charge < -0.3 is 4.74 Å². The first kappa shape index (κ1) is 16.0.